The summed E-state index contributed by atoms with van der Waals surface area (Å²) in [6.45, 7) is 10.6. The molecule has 1 saturated heterocycles. The van der Waals surface area contributed by atoms with Gasteiger partial charge in [-0.1, -0.05) is 25.6 Å². The van der Waals surface area contributed by atoms with E-state index in [1.54, 1.807) is 32.7 Å². The zero-order valence-corrected chi connectivity index (χ0v) is 19.5. The number of aromatic nitrogens is 3. The first kappa shape index (κ1) is 23.0. The van der Waals surface area contributed by atoms with E-state index < -0.39 is 14.6 Å². The molecule has 1 N–H and O–H groups in total. The summed E-state index contributed by atoms with van der Waals surface area (Å²) in [5, 5.41) is 13.0. The SMILES string of the molecule is CN=C(NCCCc1nnc(SC)n1CC(C)C)N1CCS(=O)(=O)C(C)(C)C1. The summed E-state index contributed by atoms with van der Waals surface area (Å²) in [7, 11) is -1.32. The Hall–Kier alpha value is -1.29. The van der Waals surface area contributed by atoms with Crippen LogP contribution in [0.3, 0.4) is 0 Å². The highest BCUT2D eigenvalue weighted by atomic mass is 32.2. The van der Waals surface area contributed by atoms with Crippen molar-refractivity contribution >= 4 is 27.6 Å². The fourth-order valence-electron chi connectivity index (χ4n) is 3.31. The standard InChI is InChI=1S/C18H34N6O2S2/c1-14(2)12-24-15(21-22-17(24)27-6)8-7-9-20-16(19-5)23-10-11-28(25,26)18(3,4)13-23/h14H,7-13H2,1-6H3,(H,19,20). The zero-order chi connectivity index (χ0) is 20.9. The van der Waals surface area contributed by atoms with Gasteiger partial charge in [0.25, 0.3) is 0 Å². The van der Waals surface area contributed by atoms with Gasteiger partial charge in [0.2, 0.25) is 0 Å². The quantitative estimate of drug-likeness (QED) is 0.304. The Morgan fingerprint density at radius 2 is 2.07 bits per heavy atom. The van der Waals surface area contributed by atoms with Gasteiger partial charge in [0.05, 0.1) is 10.5 Å². The highest BCUT2D eigenvalue weighted by molar-refractivity contribution is 7.98. The average Bonchev–Trinajstić information content (AvgIpc) is 2.99. The predicted molar refractivity (Wildman–Crippen MR) is 116 cm³/mol. The number of nitrogens with zero attached hydrogens (tertiary/aromatic N) is 5. The van der Waals surface area contributed by atoms with E-state index in [0.29, 0.717) is 19.0 Å². The second-order valence-electron chi connectivity index (χ2n) is 8.19. The molecule has 0 radical (unpaired) electrons. The lowest BCUT2D eigenvalue weighted by Gasteiger charge is -2.39. The van der Waals surface area contributed by atoms with Gasteiger partial charge >= 0.3 is 0 Å². The third-order valence-electron chi connectivity index (χ3n) is 4.94. The Morgan fingerprint density at radius 3 is 2.64 bits per heavy atom. The van der Waals surface area contributed by atoms with Crippen LogP contribution in [0.1, 0.15) is 39.9 Å². The third kappa shape index (κ3) is 5.40. The van der Waals surface area contributed by atoms with Crippen molar-refractivity contribution in [2.45, 2.75) is 57.0 Å². The number of thioether (sulfide) groups is 1. The van der Waals surface area contributed by atoms with Crippen molar-refractivity contribution in [3.05, 3.63) is 5.82 Å². The fraction of sp³-hybridized carbons (Fsp3) is 0.833. The van der Waals surface area contributed by atoms with Crippen molar-refractivity contribution in [2.75, 3.05) is 38.7 Å². The van der Waals surface area contributed by atoms with Gasteiger partial charge in [0, 0.05) is 39.6 Å². The molecule has 1 fully saturated rings. The molecular formula is C18H34N6O2S2. The molecule has 10 heteroatoms. The second-order valence-corrected chi connectivity index (χ2v) is 11.7. The lowest BCUT2D eigenvalue weighted by molar-refractivity contribution is 0.353. The lowest BCUT2D eigenvalue weighted by atomic mass is 10.2. The molecule has 0 unspecified atom stereocenters. The van der Waals surface area contributed by atoms with Gasteiger partial charge in [-0.3, -0.25) is 4.99 Å². The summed E-state index contributed by atoms with van der Waals surface area (Å²) in [5.74, 6) is 2.48. The van der Waals surface area contributed by atoms with Crippen LogP contribution in [0, 0.1) is 5.92 Å². The van der Waals surface area contributed by atoms with E-state index in [4.69, 9.17) is 0 Å². The van der Waals surface area contributed by atoms with E-state index in [1.165, 1.54) is 0 Å². The van der Waals surface area contributed by atoms with Crippen LogP contribution in [0.25, 0.3) is 0 Å². The normalized spacial score (nSPS) is 19.2. The maximum Gasteiger partial charge on any atom is 0.193 e. The Balaban J connectivity index is 1.90. The molecule has 0 saturated carbocycles. The molecule has 0 spiro atoms. The number of aliphatic imine (C=N–C) groups is 1. The topological polar surface area (TPSA) is 92.5 Å². The van der Waals surface area contributed by atoms with Crippen LogP contribution in [0.2, 0.25) is 0 Å². The van der Waals surface area contributed by atoms with Crippen molar-refractivity contribution in [1.82, 2.24) is 25.0 Å². The summed E-state index contributed by atoms with van der Waals surface area (Å²) in [5.41, 5.74) is 0. The number of hydrogen-bond donors (Lipinski definition) is 1. The molecule has 0 aromatic carbocycles. The average molecular weight is 431 g/mol. The summed E-state index contributed by atoms with van der Waals surface area (Å²) in [6.07, 6.45) is 3.76. The minimum Gasteiger partial charge on any atom is -0.356 e. The lowest BCUT2D eigenvalue weighted by Crippen LogP contribution is -2.57. The molecule has 1 aliphatic rings. The minimum absolute atomic E-state index is 0.163. The van der Waals surface area contributed by atoms with Gasteiger partial charge in [-0.2, -0.15) is 0 Å². The molecule has 0 aliphatic carbocycles. The Morgan fingerprint density at radius 1 is 1.36 bits per heavy atom. The van der Waals surface area contributed by atoms with Gasteiger partial charge in [-0.25, -0.2) is 8.42 Å². The maximum atomic E-state index is 12.2. The highest BCUT2D eigenvalue weighted by Gasteiger charge is 2.40. The van der Waals surface area contributed by atoms with E-state index in [0.717, 1.165) is 42.9 Å². The number of nitrogens with one attached hydrogen (secondary N) is 1. The number of sulfone groups is 1. The first-order valence-corrected chi connectivity index (χ1v) is 12.6. The van der Waals surface area contributed by atoms with E-state index in [1.807, 2.05) is 11.2 Å². The largest absolute Gasteiger partial charge is 0.356 e. The van der Waals surface area contributed by atoms with E-state index in [2.05, 4.69) is 38.9 Å². The molecule has 2 rings (SSSR count). The number of guanidine groups is 1. The monoisotopic (exact) mass is 430 g/mol. The Kier molecular flexibility index (Phi) is 7.78. The Labute approximate surface area is 173 Å². The first-order valence-electron chi connectivity index (χ1n) is 9.75. The summed E-state index contributed by atoms with van der Waals surface area (Å²) in [6, 6.07) is 0. The maximum absolute atomic E-state index is 12.2. The van der Waals surface area contributed by atoms with Crippen LogP contribution >= 0.6 is 11.8 Å². The van der Waals surface area contributed by atoms with Crippen molar-refractivity contribution in [1.29, 1.82) is 0 Å². The molecule has 28 heavy (non-hydrogen) atoms. The van der Waals surface area contributed by atoms with Crippen LogP contribution in [0.15, 0.2) is 10.1 Å². The molecule has 0 atom stereocenters. The summed E-state index contributed by atoms with van der Waals surface area (Å²) >= 11 is 1.62. The molecular weight excluding hydrogens is 396 g/mol. The predicted octanol–water partition coefficient (Wildman–Crippen LogP) is 1.67. The highest BCUT2D eigenvalue weighted by Crippen LogP contribution is 2.23. The van der Waals surface area contributed by atoms with Gasteiger partial charge < -0.3 is 14.8 Å². The van der Waals surface area contributed by atoms with Crippen LogP contribution in [-0.4, -0.2) is 77.5 Å². The van der Waals surface area contributed by atoms with Crippen molar-refractivity contribution < 1.29 is 8.42 Å². The minimum atomic E-state index is -3.06. The van der Waals surface area contributed by atoms with E-state index in [9.17, 15) is 8.42 Å². The van der Waals surface area contributed by atoms with Crippen LogP contribution in [0.5, 0.6) is 0 Å². The molecule has 2 heterocycles. The van der Waals surface area contributed by atoms with Crippen LogP contribution in [-0.2, 0) is 22.8 Å². The van der Waals surface area contributed by atoms with Crippen molar-refractivity contribution in [2.24, 2.45) is 10.9 Å². The fourth-order valence-corrected chi connectivity index (χ4v) is 5.20. The second kappa shape index (κ2) is 9.47. The number of rotatable bonds is 7. The van der Waals surface area contributed by atoms with E-state index in [-0.39, 0.29) is 5.75 Å². The molecule has 1 aromatic heterocycles. The molecule has 1 aliphatic heterocycles. The van der Waals surface area contributed by atoms with Crippen LogP contribution in [0.4, 0.5) is 0 Å². The first-order chi connectivity index (χ1) is 13.1. The molecule has 0 bridgehead atoms. The third-order valence-corrected chi connectivity index (χ3v) is 8.14. The molecule has 0 amide bonds. The summed E-state index contributed by atoms with van der Waals surface area (Å²) in [4.78, 5) is 6.38. The van der Waals surface area contributed by atoms with Crippen LogP contribution < -0.4 is 5.32 Å². The number of aryl methyl sites for hydroxylation is 1. The smallest absolute Gasteiger partial charge is 0.193 e. The van der Waals surface area contributed by atoms with Gasteiger partial charge in [-0.15, -0.1) is 10.2 Å². The number of hydrogen-bond acceptors (Lipinski definition) is 6. The van der Waals surface area contributed by atoms with Crippen molar-refractivity contribution in [3.8, 4) is 0 Å². The zero-order valence-electron chi connectivity index (χ0n) is 17.9. The Bertz CT molecular complexity index is 786. The van der Waals surface area contributed by atoms with Gasteiger partial charge in [0.1, 0.15) is 5.82 Å². The molecule has 8 nitrogen and oxygen atoms in total. The summed E-state index contributed by atoms with van der Waals surface area (Å²) < 4.78 is 25.9. The van der Waals surface area contributed by atoms with Gasteiger partial charge in [0.15, 0.2) is 21.0 Å². The van der Waals surface area contributed by atoms with E-state index >= 15 is 0 Å². The molecule has 1 aromatic rings. The van der Waals surface area contributed by atoms with Crippen molar-refractivity contribution in [3.63, 3.8) is 0 Å². The molecule has 160 valence electrons. The van der Waals surface area contributed by atoms with Gasteiger partial charge in [-0.05, 0) is 32.4 Å².